The summed E-state index contributed by atoms with van der Waals surface area (Å²) in [6.07, 6.45) is 3.91. The molecule has 0 bridgehead atoms. The van der Waals surface area contributed by atoms with Crippen LogP contribution in [0.3, 0.4) is 0 Å². The molecule has 0 saturated carbocycles. The molecular formula is C26H25ClN2O5. The predicted molar refractivity (Wildman–Crippen MR) is 133 cm³/mol. The molecule has 34 heavy (non-hydrogen) atoms. The van der Waals surface area contributed by atoms with Crippen molar-refractivity contribution in [2.45, 2.75) is 26.6 Å². The third-order valence-corrected chi connectivity index (χ3v) is 5.15. The molecular weight excluding hydrogens is 456 g/mol. The fourth-order valence-electron chi connectivity index (χ4n) is 3.23. The zero-order valence-corrected chi connectivity index (χ0v) is 19.5. The van der Waals surface area contributed by atoms with Gasteiger partial charge in [0.15, 0.2) is 11.5 Å². The number of halogens is 1. The van der Waals surface area contributed by atoms with Crippen molar-refractivity contribution in [1.29, 1.82) is 0 Å². The molecule has 3 aromatic carbocycles. The van der Waals surface area contributed by atoms with E-state index in [1.807, 2.05) is 43.3 Å². The van der Waals surface area contributed by atoms with Gasteiger partial charge in [-0.3, -0.25) is 10.1 Å². The van der Waals surface area contributed by atoms with Gasteiger partial charge in [-0.05, 0) is 37.1 Å². The molecule has 3 aromatic rings. The molecule has 0 amide bonds. The van der Waals surface area contributed by atoms with Crippen LogP contribution in [0.2, 0.25) is 5.02 Å². The van der Waals surface area contributed by atoms with E-state index in [-0.39, 0.29) is 12.3 Å². The molecule has 0 radical (unpaired) electrons. The van der Waals surface area contributed by atoms with Crippen LogP contribution in [0.5, 0.6) is 11.5 Å². The van der Waals surface area contributed by atoms with E-state index in [2.05, 4.69) is 11.7 Å². The molecule has 0 saturated heterocycles. The summed E-state index contributed by atoms with van der Waals surface area (Å²) in [5, 5.41) is 15.6. The largest absolute Gasteiger partial charge is 0.490 e. The molecule has 0 aliphatic heterocycles. The Hall–Kier alpha value is -3.84. The second-order valence-electron chi connectivity index (χ2n) is 7.25. The first-order chi connectivity index (χ1) is 16.5. The van der Waals surface area contributed by atoms with E-state index in [9.17, 15) is 10.1 Å². The normalized spacial score (nSPS) is 10.8. The highest BCUT2D eigenvalue weighted by Gasteiger charge is 2.14. The minimum Gasteiger partial charge on any atom is -0.490 e. The first kappa shape index (κ1) is 24.8. The topological polar surface area (TPSA) is 83.2 Å². The van der Waals surface area contributed by atoms with Crippen LogP contribution in [0, 0.1) is 10.1 Å². The van der Waals surface area contributed by atoms with Crippen LogP contribution in [-0.2, 0) is 24.5 Å². The van der Waals surface area contributed by atoms with E-state index in [0.29, 0.717) is 41.7 Å². The minimum atomic E-state index is -0.446. The van der Waals surface area contributed by atoms with Crippen molar-refractivity contribution in [3.05, 3.63) is 111 Å². The lowest BCUT2D eigenvalue weighted by Gasteiger charge is -2.17. The van der Waals surface area contributed by atoms with Gasteiger partial charge in [0.05, 0.1) is 17.7 Å². The van der Waals surface area contributed by atoms with Gasteiger partial charge in [0, 0.05) is 33.8 Å². The van der Waals surface area contributed by atoms with Crippen molar-refractivity contribution in [2.24, 2.45) is 5.16 Å². The summed E-state index contributed by atoms with van der Waals surface area (Å²) in [7, 11) is 0. The van der Waals surface area contributed by atoms with Gasteiger partial charge < -0.3 is 14.3 Å². The average Bonchev–Trinajstić information content (AvgIpc) is 2.83. The van der Waals surface area contributed by atoms with Crippen molar-refractivity contribution < 1.29 is 19.2 Å². The SMILES string of the molecule is C=CCc1cc(/C=N\OCc2cccc([N+](=O)[O-])c2)cc(OCC)c1OCc1ccccc1Cl. The summed E-state index contributed by atoms with van der Waals surface area (Å²) in [4.78, 5) is 15.8. The Morgan fingerprint density at radius 3 is 2.62 bits per heavy atom. The average molecular weight is 481 g/mol. The Morgan fingerprint density at radius 2 is 1.88 bits per heavy atom. The molecule has 3 rings (SSSR count). The zero-order valence-electron chi connectivity index (χ0n) is 18.8. The summed E-state index contributed by atoms with van der Waals surface area (Å²) in [6.45, 7) is 6.60. The zero-order chi connectivity index (χ0) is 24.3. The van der Waals surface area contributed by atoms with Gasteiger partial charge in [-0.1, -0.05) is 53.2 Å². The quantitative estimate of drug-likeness (QED) is 0.128. The lowest BCUT2D eigenvalue weighted by atomic mass is 10.1. The number of ether oxygens (including phenoxy) is 2. The number of non-ortho nitro benzene ring substituents is 1. The van der Waals surface area contributed by atoms with Crippen molar-refractivity contribution in [3.8, 4) is 11.5 Å². The minimum absolute atomic E-state index is 0.00730. The van der Waals surface area contributed by atoms with Gasteiger partial charge in [0.25, 0.3) is 5.69 Å². The Labute approximate surface area is 203 Å². The molecule has 0 fully saturated rings. The van der Waals surface area contributed by atoms with E-state index in [1.54, 1.807) is 24.4 Å². The molecule has 0 atom stereocenters. The van der Waals surface area contributed by atoms with Gasteiger partial charge in [0.2, 0.25) is 0 Å². The second-order valence-corrected chi connectivity index (χ2v) is 7.66. The van der Waals surface area contributed by atoms with Crippen LogP contribution in [0.15, 0.2) is 78.5 Å². The molecule has 0 aliphatic carbocycles. The first-order valence-electron chi connectivity index (χ1n) is 10.7. The van der Waals surface area contributed by atoms with Crippen molar-refractivity contribution in [1.82, 2.24) is 0 Å². The van der Waals surface area contributed by atoms with Crippen LogP contribution in [0.25, 0.3) is 0 Å². The summed E-state index contributed by atoms with van der Waals surface area (Å²) in [6, 6.07) is 17.5. The maximum Gasteiger partial charge on any atom is 0.269 e. The Balaban J connectivity index is 1.77. The van der Waals surface area contributed by atoms with E-state index in [4.69, 9.17) is 25.9 Å². The van der Waals surface area contributed by atoms with Gasteiger partial charge in [-0.15, -0.1) is 6.58 Å². The number of nitro benzene ring substituents is 1. The number of hydrogen-bond acceptors (Lipinski definition) is 6. The first-order valence-corrected chi connectivity index (χ1v) is 11.0. The molecule has 0 heterocycles. The number of hydrogen-bond donors (Lipinski definition) is 0. The van der Waals surface area contributed by atoms with Crippen LogP contribution < -0.4 is 9.47 Å². The molecule has 7 nitrogen and oxygen atoms in total. The number of benzene rings is 3. The molecule has 0 unspecified atom stereocenters. The third-order valence-electron chi connectivity index (χ3n) is 4.78. The van der Waals surface area contributed by atoms with Gasteiger partial charge in [-0.2, -0.15) is 0 Å². The fourth-order valence-corrected chi connectivity index (χ4v) is 3.42. The monoisotopic (exact) mass is 480 g/mol. The Morgan fingerprint density at radius 1 is 1.06 bits per heavy atom. The van der Waals surface area contributed by atoms with E-state index >= 15 is 0 Å². The number of nitrogens with zero attached hydrogens (tertiary/aromatic N) is 2. The third kappa shape index (κ3) is 6.83. The standard InChI is InChI=1S/C26H25ClN2O5/c1-3-8-21-13-20(16-28-34-17-19-9-7-11-23(14-19)29(30)31)15-25(32-4-2)26(21)33-18-22-10-5-6-12-24(22)27/h3,5-7,9-16H,1,4,8,17-18H2,2H3/b28-16-. The van der Waals surface area contributed by atoms with Crippen LogP contribution in [0.1, 0.15) is 29.2 Å². The molecule has 0 aliphatic rings. The van der Waals surface area contributed by atoms with Crippen LogP contribution in [0.4, 0.5) is 5.69 Å². The Bertz CT molecular complexity index is 1180. The number of oxime groups is 1. The molecule has 0 N–H and O–H groups in total. The number of allylic oxidation sites excluding steroid dienone is 1. The van der Waals surface area contributed by atoms with E-state index in [0.717, 1.165) is 16.7 Å². The van der Waals surface area contributed by atoms with E-state index in [1.165, 1.54) is 12.1 Å². The lowest BCUT2D eigenvalue weighted by Crippen LogP contribution is -2.04. The van der Waals surface area contributed by atoms with Crippen molar-refractivity contribution in [3.63, 3.8) is 0 Å². The second kappa shape index (κ2) is 12.4. The molecule has 8 heteroatoms. The lowest BCUT2D eigenvalue weighted by molar-refractivity contribution is -0.384. The van der Waals surface area contributed by atoms with Crippen molar-refractivity contribution in [2.75, 3.05) is 6.61 Å². The molecule has 0 spiro atoms. The van der Waals surface area contributed by atoms with Crippen molar-refractivity contribution >= 4 is 23.5 Å². The van der Waals surface area contributed by atoms with Crippen LogP contribution in [-0.4, -0.2) is 17.7 Å². The van der Waals surface area contributed by atoms with Gasteiger partial charge in [-0.25, -0.2) is 0 Å². The highest BCUT2D eigenvalue weighted by Crippen LogP contribution is 2.34. The summed E-state index contributed by atoms with van der Waals surface area (Å²) < 4.78 is 12.0. The smallest absolute Gasteiger partial charge is 0.269 e. The molecule has 0 aromatic heterocycles. The summed E-state index contributed by atoms with van der Waals surface area (Å²) >= 11 is 6.26. The maximum absolute atomic E-state index is 10.9. The highest BCUT2D eigenvalue weighted by atomic mass is 35.5. The fraction of sp³-hybridized carbons (Fsp3) is 0.192. The summed E-state index contributed by atoms with van der Waals surface area (Å²) in [5.41, 5.74) is 3.17. The van der Waals surface area contributed by atoms with E-state index < -0.39 is 4.92 Å². The van der Waals surface area contributed by atoms with Crippen LogP contribution >= 0.6 is 11.6 Å². The predicted octanol–water partition coefficient (Wildman–Crippen LogP) is 6.51. The Kier molecular flexibility index (Phi) is 9.05. The number of rotatable bonds is 12. The van der Waals surface area contributed by atoms with Gasteiger partial charge in [0.1, 0.15) is 13.2 Å². The maximum atomic E-state index is 10.9. The summed E-state index contributed by atoms with van der Waals surface area (Å²) in [5.74, 6) is 1.20. The molecule has 176 valence electrons. The number of nitro groups is 1. The van der Waals surface area contributed by atoms with Gasteiger partial charge >= 0.3 is 0 Å². The highest BCUT2D eigenvalue weighted by molar-refractivity contribution is 6.31.